The molecule has 142 valence electrons. The number of ether oxygens (including phenoxy) is 2. The lowest BCUT2D eigenvalue weighted by atomic mass is 10.1. The van der Waals surface area contributed by atoms with Gasteiger partial charge >= 0.3 is 0 Å². The Morgan fingerprint density at radius 2 is 2.00 bits per heavy atom. The average Bonchev–Trinajstić information content (AvgIpc) is 3.46. The monoisotopic (exact) mass is 397 g/mol. The molecule has 7 nitrogen and oxygen atoms in total. The summed E-state index contributed by atoms with van der Waals surface area (Å²) in [6.07, 6.45) is 1.63. The van der Waals surface area contributed by atoms with Gasteiger partial charge in [0.05, 0.1) is 5.02 Å². The fourth-order valence-corrected chi connectivity index (χ4v) is 3.80. The van der Waals surface area contributed by atoms with Gasteiger partial charge in [-0.25, -0.2) is 0 Å². The Hall–Kier alpha value is -3.06. The van der Waals surface area contributed by atoms with Crippen LogP contribution < -0.4 is 9.47 Å². The number of fused-ring (bicyclic) bond motifs is 1. The van der Waals surface area contributed by atoms with Gasteiger partial charge in [0.2, 0.25) is 18.5 Å². The Bertz CT molecular complexity index is 1050. The summed E-state index contributed by atoms with van der Waals surface area (Å²) in [7, 11) is 0. The van der Waals surface area contributed by atoms with Crippen LogP contribution in [0, 0.1) is 0 Å². The number of nitrogens with zero attached hydrogens (tertiary/aromatic N) is 3. The lowest BCUT2D eigenvalue weighted by molar-refractivity contribution is 0.0709. The Kier molecular flexibility index (Phi) is 4.16. The zero-order valence-electron chi connectivity index (χ0n) is 14.8. The van der Waals surface area contributed by atoms with Crippen LogP contribution in [0.4, 0.5) is 0 Å². The van der Waals surface area contributed by atoms with Gasteiger partial charge < -0.3 is 18.9 Å². The molecule has 3 heterocycles. The third-order valence-corrected chi connectivity index (χ3v) is 5.30. The van der Waals surface area contributed by atoms with Gasteiger partial charge in [-0.1, -0.05) is 28.9 Å². The molecule has 3 aromatic rings. The van der Waals surface area contributed by atoms with Crippen LogP contribution in [0.25, 0.3) is 11.4 Å². The molecule has 0 saturated carbocycles. The summed E-state index contributed by atoms with van der Waals surface area (Å²) in [5, 5.41) is 4.61. The Labute approximate surface area is 165 Å². The van der Waals surface area contributed by atoms with E-state index in [-0.39, 0.29) is 18.7 Å². The first-order chi connectivity index (χ1) is 13.7. The molecule has 2 aliphatic rings. The number of carbonyl (C=O) groups excluding carboxylic acids is 1. The molecule has 0 bridgehead atoms. The van der Waals surface area contributed by atoms with Crippen LogP contribution in [0.2, 0.25) is 5.02 Å². The van der Waals surface area contributed by atoms with Gasteiger partial charge in [0.1, 0.15) is 6.04 Å². The Morgan fingerprint density at radius 1 is 1.14 bits per heavy atom. The van der Waals surface area contributed by atoms with E-state index in [0.29, 0.717) is 45.9 Å². The summed E-state index contributed by atoms with van der Waals surface area (Å²) in [6.45, 7) is 0.799. The average molecular weight is 398 g/mol. The van der Waals surface area contributed by atoms with Gasteiger partial charge in [-0.05, 0) is 43.2 Å². The van der Waals surface area contributed by atoms with E-state index < -0.39 is 0 Å². The standard InChI is InChI=1S/C20H16ClN3O4/c21-14-5-2-1-4-13(14)18-22-19(28-23-18)15-6-3-9-24(15)20(25)12-7-8-16-17(10-12)27-11-26-16/h1-2,4-5,7-8,10,15H,3,6,9,11H2/t15-/m0/s1. The predicted octanol–water partition coefficient (Wildman–Crippen LogP) is 4.10. The molecule has 0 N–H and O–H groups in total. The second kappa shape index (κ2) is 6.83. The summed E-state index contributed by atoms with van der Waals surface area (Å²) in [6, 6.07) is 12.3. The number of aromatic nitrogens is 2. The molecule has 1 amide bonds. The normalized spacial score (nSPS) is 17.9. The minimum atomic E-state index is -0.262. The maximum atomic E-state index is 13.1. The Balaban J connectivity index is 1.41. The van der Waals surface area contributed by atoms with Crippen molar-refractivity contribution in [3.8, 4) is 22.9 Å². The highest BCUT2D eigenvalue weighted by atomic mass is 35.5. The molecule has 1 saturated heterocycles. The molecular weight excluding hydrogens is 382 g/mol. The molecule has 1 atom stereocenters. The third kappa shape index (κ3) is 2.88. The summed E-state index contributed by atoms with van der Waals surface area (Å²) in [5.74, 6) is 1.97. The summed E-state index contributed by atoms with van der Waals surface area (Å²) >= 11 is 6.23. The number of carbonyl (C=O) groups is 1. The first-order valence-corrected chi connectivity index (χ1v) is 9.37. The van der Waals surface area contributed by atoms with E-state index >= 15 is 0 Å². The van der Waals surface area contributed by atoms with Crippen LogP contribution in [0.15, 0.2) is 47.0 Å². The highest BCUT2D eigenvalue weighted by Crippen LogP contribution is 2.37. The summed E-state index contributed by atoms with van der Waals surface area (Å²) in [5.41, 5.74) is 1.24. The minimum absolute atomic E-state index is 0.0988. The molecular formula is C20H16ClN3O4. The Morgan fingerprint density at radius 3 is 2.89 bits per heavy atom. The largest absolute Gasteiger partial charge is 0.454 e. The van der Waals surface area contributed by atoms with E-state index in [4.69, 9.17) is 25.6 Å². The van der Waals surface area contributed by atoms with Crippen molar-refractivity contribution >= 4 is 17.5 Å². The molecule has 0 aliphatic carbocycles. The van der Waals surface area contributed by atoms with Crippen LogP contribution in [0.1, 0.15) is 35.1 Å². The van der Waals surface area contributed by atoms with Crippen molar-refractivity contribution in [3.05, 3.63) is 58.9 Å². The number of benzene rings is 2. The van der Waals surface area contributed by atoms with E-state index in [1.807, 2.05) is 18.2 Å². The molecule has 5 rings (SSSR count). The molecule has 1 aromatic heterocycles. The second-order valence-electron chi connectivity index (χ2n) is 6.66. The highest BCUT2D eigenvalue weighted by molar-refractivity contribution is 6.33. The van der Waals surface area contributed by atoms with Crippen molar-refractivity contribution < 1.29 is 18.8 Å². The third-order valence-electron chi connectivity index (χ3n) is 4.97. The fraction of sp³-hybridized carbons (Fsp3) is 0.250. The number of amides is 1. The maximum Gasteiger partial charge on any atom is 0.254 e. The van der Waals surface area contributed by atoms with Crippen molar-refractivity contribution in [2.45, 2.75) is 18.9 Å². The van der Waals surface area contributed by atoms with E-state index in [1.54, 1.807) is 29.2 Å². The number of rotatable bonds is 3. The topological polar surface area (TPSA) is 77.7 Å². The first-order valence-electron chi connectivity index (χ1n) is 9.00. The smallest absolute Gasteiger partial charge is 0.254 e. The zero-order valence-corrected chi connectivity index (χ0v) is 15.6. The van der Waals surface area contributed by atoms with Crippen LogP contribution in [0.5, 0.6) is 11.5 Å². The molecule has 1 fully saturated rings. The van der Waals surface area contributed by atoms with Crippen molar-refractivity contribution in [2.75, 3.05) is 13.3 Å². The van der Waals surface area contributed by atoms with Crippen molar-refractivity contribution in [3.63, 3.8) is 0 Å². The molecule has 0 spiro atoms. The molecule has 0 unspecified atom stereocenters. The second-order valence-corrected chi connectivity index (χ2v) is 7.07. The minimum Gasteiger partial charge on any atom is -0.454 e. The summed E-state index contributed by atoms with van der Waals surface area (Å²) in [4.78, 5) is 19.4. The molecule has 2 aromatic carbocycles. The molecule has 0 radical (unpaired) electrons. The lowest BCUT2D eigenvalue weighted by Gasteiger charge is -2.22. The van der Waals surface area contributed by atoms with E-state index in [1.165, 1.54) is 0 Å². The number of hydrogen-bond donors (Lipinski definition) is 0. The van der Waals surface area contributed by atoms with Gasteiger partial charge in [-0.15, -0.1) is 0 Å². The van der Waals surface area contributed by atoms with Crippen LogP contribution in [-0.4, -0.2) is 34.3 Å². The number of halogens is 1. The van der Waals surface area contributed by atoms with Crippen LogP contribution in [0.3, 0.4) is 0 Å². The quantitative estimate of drug-likeness (QED) is 0.662. The predicted molar refractivity (Wildman–Crippen MR) is 100 cm³/mol. The number of likely N-dealkylation sites (tertiary alicyclic amines) is 1. The van der Waals surface area contributed by atoms with Gasteiger partial charge in [0.25, 0.3) is 5.91 Å². The molecule has 2 aliphatic heterocycles. The fourth-order valence-electron chi connectivity index (χ4n) is 3.58. The van der Waals surface area contributed by atoms with E-state index in [9.17, 15) is 4.79 Å². The van der Waals surface area contributed by atoms with Gasteiger partial charge in [0.15, 0.2) is 11.5 Å². The van der Waals surface area contributed by atoms with Crippen molar-refractivity contribution in [1.82, 2.24) is 15.0 Å². The highest BCUT2D eigenvalue weighted by Gasteiger charge is 2.35. The van der Waals surface area contributed by atoms with Gasteiger partial charge in [-0.3, -0.25) is 4.79 Å². The van der Waals surface area contributed by atoms with E-state index in [0.717, 1.165) is 12.8 Å². The van der Waals surface area contributed by atoms with Crippen molar-refractivity contribution in [1.29, 1.82) is 0 Å². The molecule has 28 heavy (non-hydrogen) atoms. The van der Waals surface area contributed by atoms with Crippen LogP contribution in [-0.2, 0) is 0 Å². The summed E-state index contributed by atoms with van der Waals surface area (Å²) < 4.78 is 16.2. The lowest BCUT2D eigenvalue weighted by Crippen LogP contribution is -2.30. The van der Waals surface area contributed by atoms with Crippen molar-refractivity contribution in [2.24, 2.45) is 0 Å². The number of hydrogen-bond acceptors (Lipinski definition) is 6. The zero-order chi connectivity index (χ0) is 19.1. The SMILES string of the molecule is O=C(c1ccc2c(c1)OCO2)N1CCC[C@H]1c1nc(-c2ccccc2Cl)no1. The first kappa shape index (κ1) is 17.1. The van der Waals surface area contributed by atoms with Crippen LogP contribution >= 0.6 is 11.6 Å². The van der Waals surface area contributed by atoms with Gasteiger partial charge in [0, 0.05) is 17.7 Å². The maximum absolute atomic E-state index is 13.1. The molecule has 8 heteroatoms. The van der Waals surface area contributed by atoms with E-state index in [2.05, 4.69) is 10.1 Å². The van der Waals surface area contributed by atoms with Gasteiger partial charge in [-0.2, -0.15) is 4.98 Å².